The van der Waals surface area contributed by atoms with E-state index in [1.807, 2.05) is 6.92 Å². The number of rotatable bonds is 20. The summed E-state index contributed by atoms with van der Waals surface area (Å²) in [6.45, 7) is 5.26. The van der Waals surface area contributed by atoms with Crippen molar-refractivity contribution in [2.24, 2.45) is 17.4 Å². The summed E-state index contributed by atoms with van der Waals surface area (Å²) in [6, 6.07) is 7.87. The zero-order valence-corrected chi connectivity index (χ0v) is 32.0. The molecular formula is C36H41F11N2O7S. The lowest BCUT2D eigenvalue weighted by molar-refractivity contribution is -0.572. The largest absolute Gasteiger partial charge is 0.496 e. The number of aryl methyl sites for hydroxylation is 1. The van der Waals surface area contributed by atoms with Gasteiger partial charge in [-0.15, -0.1) is 29.3 Å². The summed E-state index contributed by atoms with van der Waals surface area (Å²) >= 11 is 0.0704. The molecule has 0 saturated carbocycles. The number of unbranched alkanes of at least 4 members (excludes halogenated alkanes) is 2. The van der Waals surface area contributed by atoms with Crippen LogP contribution in [-0.2, 0) is 36.3 Å². The van der Waals surface area contributed by atoms with Gasteiger partial charge in [-0.05, 0) is 76.8 Å². The number of carbonyl (C=O) groups is 1. The predicted octanol–water partition coefficient (Wildman–Crippen LogP) is 9.66. The predicted molar refractivity (Wildman–Crippen MR) is 186 cm³/mol. The third-order valence-electron chi connectivity index (χ3n) is 7.93. The molecule has 3 rings (SSSR count). The zero-order valence-electron chi connectivity index (χ0n) is 31.1. The Balaban J connectivity index is 1.68. The van der Waals surface area contributed by atoms with Gasteiger partial charge in [-0.3, -0.25) is 4.79 Å². The Labute approximate surface area is 323 Å². The second-order valence-electron chi connectivity index (χ2n) is 14.5. The van der Waals surface area contributed by atoms with Gasteiger partial charge in [0.25, 0.3) is 0 Å². The highest BCUT2D eigenvalue weighted by Gasteiger charge is 2.57. The van der Waals surface area contributed by atoms with Crippen molar-refractivity contribution in [2.75, 3.05) is 12.4 Å². The summed E-state index contributed by atoms with van der Waals surface area (Å²) in [5.74, 6) is -4.50. The first-order valence-electron chi connectivity index (χ1n) is 17.1. The number of nitrogens with two attached hydrogens (primary N) is 2. The van der Waals surface area contributed by atoms with E-state index in [2.05, 4.69) is 18.9 Å². The molecule has 0 spiro atoms. The molecule has 0 aliphatic heterocycles. The van der Waals surface area contributed by atoms with Crippen LogP contribution in [0.2, 0.25) is 0 Å². The maximum atomic E-state index is 14.4. The van der Waals surface area contributed by atoms with Crippen LogP contribution < -0.4 is 17.1 Å². The number of benzene rings is 2. The van der Waals surface area contributed by atoms with Crippen LogP contribution in [0.3, 0.4) is 0 Å². The van der Waals surface area contributed by atoms with Gasteiger partial charge in [0, 0.05) is 26.9 Å². The molecule has 0 aliphatic carbocycles. The average Bonchev–Trinajstić information content (AvgIpc) is 3.02. The zero-order chi connectivity index (χ0) is 43.4. The van der Waals surface area contributed by atoms with Crippen molar-refractivity contribution in [3.63, 3.8) is 0 Å². The number of carbonyl (C=O) groups excluding carboxylic acids is 1. The van der Waals surface area contributed by atoms with Gasteiger partial charge in [0.15, 0.2) is 6.61 Å². The highest BCUT2D eigenvalue weighted by atomic mass is 32.2. The molecule has 1 atom stereocenters. The van der Waals surface area contributed by atoms with Gasteiger partial charge in [-0.1, -0.05) is 38.0 Å². The van der Waals surface area contributed by atoms with Crippen molar-refractivity contribution in [1.29, 1.82) is 0 Å². The standard InChI is InChI=1S/C36H41F11N2O7S/c1-6-7-8-9-20-10-13-23(25(14-20)34(41,42)43)24-15-21-11-12-22(16-27(21)53-28(24)50)57-19-33(39,40)55-36(46,47)56-35(44,45)54-32(37,38)18-52-29(51)26(31(4,5)49)17-30(2,3)48/h10-16,26H,6-9,17-19,48-49H2,1-5H3. The highest BCUT2D eigenvalue weighted by molar-refractivity contribution is 7.99. The van der Waals surface area contributed by atoms with Crippen molar-refractivity contribution in [1.82, 2.24) is 0 Å². The molecule has 2 aromatic carbocycles. The fourth-order valence-electron chi connectivity index (χ4n) is 5.35. The van der Waals surface area contributed by atoms with Gasteiger partial charge in [0.05, 0.1) is 22.8 Å². The molecule has 0 amide bonds. The van der Waals surface area contributed by atoms with Crippen molar-refractivity contribution in [3.8, 4) is 11.1 Å². The number of hydrogen-bond donors (Lipinski definition) is 2. The molecule has 9 nitrogen and oxygen atoms in total. The Kier molecular flexibility index (Phi) is 14.9. The topological polar surface area (TPSA) is 136 Å². The number of alkyl halides is 11. The first kappa shape index (κ1) is 47.9. The van der Waals surface area contributed by atoms with Crippen molar-refractivity contribution < 1.29 is 76.5 Å². The van der Waals surface area contributed by atoms with Gasteiger partial charge in [0.2, 0.25) is 0 Å². The summed E-state index contributed by atoms with van der Waals surface area (Å²) in [4.78, 5) is 25.1. The van der Waals surface area contributed by atoms with Gasteiger partial charge in [-0.2, -0.15) is 30.7 Å². The second-order valence-corrected chi connectivity index (χ2v) is 15.5. The molecule has 0 bridgehead atoms. The number of thioether (sulfide) groups is 1. The number of ether oxygens (including phenoxy) is 4. The first-order valence-corrected chi connectivity index (χ1v) is 18.1. The van der Waals surface area contributed by atoms with Crippen LogP contribution in [0.4, 0.5) is 48.3 Å². The van der Waals surface area contributed by atoms with Crippen molar-refractivity contribution in [3.05, 3.63) is 64.0 Å². The molecule has 3 aromatic rings. The van der Waals surface area contributed by atoms with E-state index in [4.69, 9.17) is 15.9 Å². The summed E-state index contributed by atoms with van der Waals surface area (Å²) in [5.41, 5.74) is 6.12. The Morgan fingerprint density at radius 1 is 0.789 bits per heavy atom. The Bertz CT molecular complexity index is 1910. The van der Waals surface area contributed by atoms with Gasteiger partial charge < -0.3 is 20.6 Å². The minimum atomic E-state index is -6.00. The van der Waals surface area contributed by atoms with Crippen LogP contribution in [0.25, 0.3) is 22.1 Å². The van der Waals surface area contributed by atoms with E-state index < -0.39 is 88.6 Å². The molecule has 0 saturated heterocycles. The molecular weight excluding hydrogens is 813 g/mol. The monoisotopic (exact) mass is 854 g/mol. The normalized spacial score (nSPS) is 14.3. The molecule has 0 radical (unpaired) electrons. The smallest absolute Gasteiger partial charge is 0.456 e. The van der Waals surface area contributed by atoms with Crippen LogP contribution >= 0.6 is 11.8 Å². The lowest BCUT2D eigenvalue weighted by Crippen LogP contribution is -2.51. The molecule has 0 fully saturated rings. The molecule has 1 heterocycles. The maximum absolute atomic E-state index is 14.4. The Morgan fingerprint density at radius 3 is 1.96 bits per heavy atom. The number of esters is 1. The average molecular weight is 855 g/mol. The minimum Gasteiger partial charge on any atom is -0.456 e. The SMILES string of the molecule is CCCCCc1ccc(-c2cc3ccc(SCC(F)(F)OC(F)(F)OC(F)(F)OC(F)(F)COC(=O)C(CC(C)(C)N)C(C)(C)N)cc3oc2=O)c(C(F)(F)F)c1. The second kappa shape index (κ2) is 17.8. The van der Waals surface area contributed by atoms with E-state index in [0.29, 0.717) is 18.4 Å². The van der Waals surface area contributed by atoms with E-state index in [9.17, 15) is 57.9 Å². The molecule has 320 valence electrons. The van der Waals surface area contributed by atoms with E-state index in [-0.39, 0.29) is 34.0 Å². The third-order valence-corrected chi connectivity index (χ3v) is 9.00. The van der Waals surface area contributed by atoms with Crippen LogP contribution in [-0.4, -0.2) is 54.2 Å². The highest BCUT2D eigenvalue weighted by Crippen LogP contribution is 2.41. The van der Waals surface area contributed by atoms with E-state index in [0.717, 1.165) is 43.2 Å². The molecule has 1 aromatic heterocycles. The van der Waals surface area contributed by atoms with Crippen molar-refractivity contribution >= 4 is 28.7 Å². The van der Waals surface area contributed by atoms with Crippen LogP contribution in [0.5, 0.6) is 0 Å². The molecule has 4 N–H and O–H groups in total. The van der Waals surface area contributed by atoms with Gasteiger partial charge in [0.1, 0.15) is 5.58 Å². The van der Waals surface area contributed by atoms with Crippen LogP contribution in [0.15, 0.2) is 56.6 Å². The fraction of sp³-hybridized carbons (Fsp3) is 0.556. The summed E-state index contributed by atoms with van der Waals surface area (Å²) < 4.78 is 174. The number of halogens is 11. The van der Waals surface area contributed by atoms with Gasteiger partial charge in [-0.25, -0.2) is 19.0 Å². The lowest BCUT2D eigenvalue weighted by Gasteiger charge is -2.34. The van der Waals surface area contributed by atoms with E-state index >= 15 is 0 Å². The van der Waals surface area contributed by atoms with Crippen molar-refractivity contribution in [2.45, 2.75) is 114 Å². The Hall–Kier alpha value is -3.50. The molecule has 1 unspecified atom stereocenters. The van der Waals surface area contributed by atoms with E-state index in [1.165, 1.54) is 39.8 Å². The number of fused-ring (bicyclic) bond motifs is 1. The maximum Gasteiger partial charge on any atom is 0.496 e. The molecule has 21 heteroatoms. The molecule has 0 aliphatic rings. The quantitative estimate of drug-likeness (QED) is 0.0282. The Morgan fingerprint density at radius 2 is 1.40 bits per heavy atom. The lowest BCUT2D eigenvalue weighted by atomic mass is 9.80. The molecule has 57 heavy (non-hydrogen) atoms. The minimum absolute atomic E-state index is 0.0494. The summed E-state index contributed by atoms with van der Waals surface area (Å²) in [7, 11) is 0. The van der Waals surface area contributed by atoms with Crippen LogP contribution in [0.1, 0.15) is 71.4 Å². The van der Waals surface area contributed by atoms with Gasteiger partial charge >= 0.3 is 42.6 Å². The number of hydrogen-bond acceptors (Lipinski definition) is 10. The van der Waals surface area contributed by atoms with E-state index in [1.54, 1.807) is 0 Å². The third kappa shape index (κ3) is 15.0. The summed E-state index contributed by atoms with van der Waals surface area (Å²) in [5, 5.41) is 0.0494. The fourth-order valence-corrected chi connectivity index (χ4v) is 6.10. The first-order chi connectivity index (χ1) is 25.8. The van der Waals surface area contributed by atoms with Crippen LogP contribution in [0, 0.1) is 5.92 Å². The summed E-state index contributed by atoms with van der Waals surface area (Å²) in [6.07, 6.45) is -24.5.